The summed E-state index contributed by atoms with van der Waals surface area (Å²) in [7, 11) is 0. The molecule has 0 bridgehead atoms. The number of ether oxygens (including phenoxy) is 2. The Labute approximate surface area is 108 Å². The van der Waals surface area contributed by atoms with E-state index in [2.05, 4.69) is 6.08 Å². The number of aryl methyl sites for hydroxylation is 1. The van der Waals surface area contributed by atoms with E-state index >= 15 is 0 Å². The normalized spacial score (nSPS) is 9.78. The van der Waals surface area contributed by atoms with Crippen molar-refractivity contribution < 1.29 is 14.3 Å². The van der Waals surface area contributed by atoms with E-state index in [1.165, 1.54) is 5.57 Å². The van der Waals surface area contributed by atoms with Gasteiger partial charge in [-0.3, -0.25) is 0 Å². The summed E-state index contributed by atoms with van der Waals surface area (Å²) in [6.07, 6.45) is 2.05. The van der Waals surface area contributed by atoms with Crippen molar-refractivity contribution in [2.75, 3.05) is 13.2 Å². The zero-order valence-electron chi connectivity index (χ0n) is 11.4. The molecule has 0 aliphatic rings. The summed E-state index contributed by atoms with van der Waals surface area (Å²) in [4.78, 5) is 11.3. The second-order valence-corrected chi connectivity index (χ2v) is 4.30. The number of carbonyl (C=O) groups is 1. The minimum atomic E-state index is -0.345. The lowest BCUT2D eigenvalue weighted by molar-refractivity contribution is -0.145. The Kier molecular flexibility index (Phi) is 5.43. The first-order valence-corrected chi connectivity index (χ1v) is 6.07. The molecule has 0 aliphatic carbocycles. The highest BCUT2D eigenvalue weighted by Gasteiger charge is 2.07. The average Bonchev–Trinajstić information content (AvgIpc) is 2.30. The number of hydrogen-bond donors (Lipinski definition) is 0. The molecule has 0 unspecified atom stereocenters. The maximum absolute atomic E-state index is 11.3. The van der Waals surface area contributed by atoms with Gasteiger partial charge >= 0.3 is 5.97 Å². The van der Waals surface area contributed by atoms with Crippen molar-refractivity contribution in [3.63, 3.8) is 0 Å². The van der Waals surface area contributed by atoms with Crippen LogP contribution < -0.4 is 4.74 Å². The van der Waals surface area contributed by atoms with E-state index in [4.69, 9.17) is 9.47 Å². The van der Waals surface area contributed by atoms with Crippen molar-refractivity contribution in [1.82, 2.24) is 0 Å². The summed E-state index contributed by atoms with van der Waals surface area (Å²) in [5, 5.41) is 0. The molecule has 1 rings (SSSR count). The fourth-order valence-corrected chi connectivity index (χ4v) is 1.59. The largest absolute Gasteiger partial charge is 0.481 e. The predicted molar refractivity (Wildman–Crippen MR) is 72.6 cm³/mol. The summed E-state index contributed by atoms with van der Waals surface area (Å²) in [5.74, 6) is 0.367. The van der Waals surface area contributed by atoms with E-state index in [-0.39, 0.29) is 12.6 Å². The lowest BCUT2D eigenvalue weighted by atomic mass is 10.1. The lowest BCUT2D eigenvalue weighted by Gasteiger charge is -2.11. The van der Waals surface area contributed by atoms with Gasteiger partial charge in [-0.05, 0) is 39.3 Å². The van der Waals surface area contributed by atoms with Crippen LogP contribution in [-0.2, 0) is 9.53 Å². The Bertz CT molecular complexity index is 443. The summed E-state index contributed by atoms with van der Waals surface area (Å²) >= 11 is 0. The summed E-state index contributed by atoms with van der Waals surface area (Å²) in [6.45, 7) is 8.17. The van der Waals surface area contributed by atoms with E-state index in [0.29, 0.717) is 12.4 Å². The topological polar surface area (TPSA) is 35.5 Å². The molecule has 0 fully saturated rings. The van der Waals surface area contributed by atoms with Crippen molar-refractivity contribution in [1.29, 1.82) is 0 Å². The van der Waals surface area contributed by atoms with Crippen LogP contribution in [0.2, 0.25) is 0 Å². The van der Waals surface area contributed by atoms with Crippen molar-refractivity contribution in [3.05, 3.63) is 34.9 Å². The Morgan fingerprint density at radius 1 is 1.33 bits per heavy atom. The molecule has 0 spiro atoms. The minimum Gasteiger partial charge on any atom is -0.481 e. The quantitative estimate of drug-likeness (QED) is 0.749. The molecule has 3 nitrogen and oxygen atoms in total. The van der Waals surface area contributed by atoms with Gasteiger partial charge in [0.2, 0.25) is 0 Å². The highest BCUT2D eigenvalue weighted by molar-refractivity contribution is 5.71. The van der Waals surface area contributed by atoms with Gasteiger partial charge in [-0.2, -0.15) is 0 Å². The summed E-state index contributed by atoms with van der Waals surface area (Å²) < 4.78 is 10.3. The van der Waals surface area contributed by atoms with Crippen LogP contribution in [0.25, 0.3) is 6.08 Å². The van der Waals surface area contributed by atoms with Crippen molar-refractivity contribution >= 4 is 12.0 Å². The van der Waals surface area contributed by atoms with Crippen LogP contribution in [0, 0.1) is 6.92 Å². The van der Waals surface area contributed by atoms with Gasteiger partial charge in [0.15, 0.2) is 6.61 Å². The summed E-state index contributed by atoms with van der Waals surface area (Å²) in [5.41, 5.74) is 3.32. The predicted octanol–water partition coefficient (Wildman–Crippen LogP) is 3.36. The Morgan fingerprint density at radius 2 is 2.06 bits per heavy atom. The third-order valence-corrected chi connectivity index (χ3v) is 2.37. The molecule has 0 atom stereocenters. The molecule has 1 aromatic rings. The van der Waals surface area contributed by atoms with Gasteiger partial charge in [0.1, 0.15) is 5.75 Å². The fraction of sp³-hybridized carbons (Fsp3) is 0.400. The molecule has 0 saturated carbocycles. The van der Waals surface area contributed by atoms with Crippen LogP contribution >= 0.6 is 0 Å². The maximum Gasteiger partial charge on any atom is 0.344 e. The smallest absolute Gasteiger partial charge is 0.344 e. The van der Waals surface area contributed by atoms with E-state index < -0.39 is 0 Å². The number of allylic oxidation sites excluding steroid dienone is 1. The van der Waals surface area contributed by atoms with Gasteiger partial charge in [0, 0.05) is 5.56 Å². The molecule has 0 saturated heterocycles. The third kappa shape index (κ3) is 4.24. The Balaban J connectivity index is 2.85. The molecular weight excluding hydrogens is 228 g/mol. The number of benzene rings is 1. The Hall–Kier alpha value is -1.77. The van der Waals surface area contributed by atoms with Crippen molar-refractivity contribution in [2.24, 2.45) is 0 Å². The summed E-state index contributed by atoms with van der Waals surface area (Å²) in [6, 6.07) is 5.80. The standard InChI is InChI=1S/C15H20O3/c1-5-17-15(16)10-18-14-8-6-7-12(4)13(14)9-11(2)3/h6-9H,5,10H2,1-4H3. The molecule has 18 heavy (non-hydrogen) atoms. The van der Waals surface area contributed by atoms with Crippen LogP contribution in [0.5, 0.6) is 5.75 Å². The zero-order chi connectivity index (χ0) is 13.5. The number of esters is 1. The van der Waals surface area contributed by atoms with Crippen LogP contribution in [-0.4, -0.2) is 19.2 Å². The first-order valence-electron chi connectivity index (χ1n) is 6.07. The second-order valence-electron chi connectivity index (χ2n) is 4.30. The molecule has 98 valence electrons. The van der Waals surface area contributed by atoms with Gasteiger partial charge in [-0.25, -0.2) is 4.79 Å². The number of rotatable bonds is 5. The van der Waals surface area contributed by atoms with Gasteiger partial charge in [-0.15, -0.1) is 0 Å². The van der Waals surface area contributed by atoms with E-state index in [1.807, 2.05) is 39.0 Å². The SMILES string of the molecule is CCOC(=O)COc1cccc(C)c1C=C(C)C. The molecule has 3 heteroatoms. The molecule has 0 aliphatic heterocycles. The highest BCUT2D eigenvalue weighted by atomic mass is 16.6. The van der Waals surface area contributed by atoms with E-state index in [1.54, 1.807) is 6.92 Å². The highest BCUT2D eigenvalue weighted by Crippen LogP contribution is 2.24. The molecule has 0 radical (unpaired) electrons. The van der Waals surface area contributed by atoms with E-state index in [9.17, 15) is 4.79 Å². The number of carbonyl (C=O) groups excluding carboxylic acids is 1. The van der Waals surface area contributed by atoms with Crippen LogP contribution in [0.3, 0.4) is 0 Å². The molecule has 1 aromatic carbocycles. The molecule has 0 heterocycles. The first-order chi connectivity index (χ1) is 8.54. The van der Waals surface area contributed by atoms with Crippen LogP contribution in [0.1, 0.15) is 31.9 Å². The van der Waals surface area contributed by atoms with Gasteiger partial charge in [0.05, 0.1) is 6.61 Å². The minimum absolute atomic E-state index is 0.0547. The third-order valence-electron chi connectivity index (χ3n) is 2.37. The molecule has 0 N–H and O–H groups in total. The van der Waals surface area contributed by atoms with Gasteiger partial charge < -0.3 is 9.47 Å². The molecule has 0 aromatic heterocycles. The van der Waals surface area contributed by atoms with Gasteiger partial charge in [0.25, 0.3) is 0 Å². The fourth-order valence-electron chi connectivity index (χ4n) is 1.59. The monoisotopic (exact) mass is 248 g/mol. The average molecular weight is 248 g/mol. The molecule has 0 amide bonds. The zero-order valence-corrected chi connectivity index (χ0v) is 11.4. The second kappa shape index (κ2) is 6.84. The van der Waals surface area contributed by atoms with Crippen LogP contribution in [0.4, 0.5) is 0 Å². The van der Waals surface area contributed by atoms with Crippen molar-refractivity contribution in [2.45, 2.75) is 27.7 Å². The maximum atomic E-state index is 11.3. The van der Waals surface area contributed by atoms with Crippen LogP contribution in [0.15, 0.2) is 23.8 Å². The lowest BCUT2D eigenvalue weighted by Crippen LogP contribution is -2.15. The molecular formula is C15H20O3. The van der Waals surface area contributed by atoms with Gasteiger partial charge in [-0.1, -0.05) is 23.8 Å². The first kappa shape index (κ1) is 14.3. The van der Waals surface area contributed by atoms with Crippen molar-refractivity contribution in [3.8, 4) is 5.75 Å². The Morgan fingerprint density at radius 3 is 2.67 bits per heavy atom. The van der Waals surface area contributed by atoms with E-state index in [0.717, 1.165) is 11.1 Å². The number of hydrogen-bond acceptors (Lipinski definition) is 3.